The van der Waals surface area contributed by atoms with E-state index < -0.39 is 0 Å². The van der Waals surface area contributed by atoms with Crippen LogP contribution in [0.5, 0.6) is 0 Å². The van der Waals surface area contributed by atoms with Crippen molar-refractivity contribution in [2.45, 2.75) is 26.3 Å². The van der Waals surface area contributed by atoms with Crippen LogP contribution in [0.1, 0.15) is 30.6 Å². The van der Waals surface area contributed by atoms with Crippen LogP contribution in [-0.4, -0.2) is 16.8 Å². The average Bonchev–Trinajstić information content (AvgIpc) is 2.46. The van der Waals surface area contributed by atoms with Gasteiger partial charge in [-0.05, 0) is 36.8 Å². The standard InChI is InChI=1S/C17H18BrN3O2/c1-11-4-3-5-16(19-11)21-17(23)10-15(20-12(2)22)13-6-8-14(18)9-7-13/h3-9,15H,10H2,1-2H3,(H,20,22)(H,19,21,23). The first kappa shape index (κ1) is 17.1. The lowest BCUT2D eigenvalue weighted by atomic mass is 10.0. The molecule has 0 aliphatic carbocycles. The third-order valence-electron chi connectivity index (χ3n) is 3.20. The van der Waals surface area contributed by atoms with Gasteiger partial charge in [-0.25, -0.2) is 4.98 Å². The van der Waals surface area contributed by atoms with E-state index in [0.29, 0.717) is 5.82 Å². The third kappa shape index (κ3) is 5.49. The van der Waals surface area contributed by atoms with Crippen molar-refractivity contribution in [1.82, 2.24) is 10.3 Å². The van der Waals surface area contributed by atoms with Gasteiger partial charge in [-0.2, -0.15) is 0 Å². The van der Waals surface area contributed by atoms with Crippen molar-refractivity contribution < 1.29 is 9.59 Å². The molecule has 0 saturated heterocycles. The van der Waals surface area contributed by atoms with E-state index in [-0.39, 0.29) is 24.3 Å². The van der Waals surface area contributed by atoms with E-state index in [4.69, 9.17) is 0 Å². The monoisotopic (exact) mass is 375 g/mol. The molecule has 23 heavy (non-hydrogen) atoms. The SMILES string of the molecule is CC(=O)NC(CC(=O)Nc1cccc(C)n1)c1ccc(Br)cc1. The van der Waals surface area contributed by atoms with Crippen LogP contribution in [0, 0.1) is 6.92 Å². The number of carbonyl (C=O) groups is 2. The molecule has 6 heteroatoms. The highest BCUT2D eigenvalue weighted by molar-refractivity contribution is 9.10. The number of anilines is 1. The molecule has 2 rings (SSSR count). The zero-order valence-corrected chi connectivity index (χ0v) is 14.6. The van der Waals surface area contributed by atoms with Crippen LogP contribution in [0.3, 0.4) is 0 Å². The van der Waals surface area contributed by atoms with Gasteiger partial charge in [-0.3, -0.25) is 9.59 Å². The Morgan fingerprint density at radius 1 is 1.17 bits per heavy atom. The van der Waals surface area contributed by atoms with Gasteiger partial charge < -0.3 is 10.6 Å². The lowest BCUT2D eigenvalue weighted by Crippen LogP contribution is -2.29. The highest BCUT2D eigenvalue weighted by Gasteiger charge is 2.17. The van der Waals surface area contributed by atoms with Crippen LogP contribution in [0.25, 0.3) is 0 Å². The van der Waals surface area contributed by atoms with Crippen LogP contribution in [0.15, 0.2) is 46.9 Å². The summed E-state index contributed by atoms with van der Waals surface area (Å²) in [6, 6.07) is 12.6. The fourth-order valence-corrected chi connectivity index (χ4v) is 2.45. The van der Waals surface area contributed by atoms with Crippen LogP contribution < -0.4 is 10.6 Å². The number of benzene rings is 1. The minimum Gasteiger partial charge on any atom is -0.349 e. The summed E-state index contributed by atoms with van der Waals surface area (Å²) in [5.74, 6) is 0.122. The lowest BCUT2D eigenvalue weighted by Gasteiger charge is -2.18. The first-order valence-corrected chi connectivity index (χ1v) is 7.99. The van der Waals surface area contributed by atoms with Crippen molar-refractivity contribution in [1.29, 1.82) is 0 Å². The summed E-state index contributed by atoms with van der Waals surface area (Å²) in [5.41, 5.74) is 1.70. The minimum absolute atomic E-state index is 0.136. The summed E-state index contributed by atoms with van der Waals surface area (Å²) in [6.07, 6.45) is 0.136. The van der Waals surface area contributed by atoms with E-state index in [0.717, 1.165) is 15.7 Å². The Labute approximate surface area is 143 Å². The molecule has 0 saturated carbocycles. The number of hydrogen-bond acceptors (Lipinski definition) is 3. The second-order valence-corrected chi connectivity index (χ2v) is 6.14. The van der Waals surface area contributed by atoms with Crippen molar-refractivity contribution in [3.8, 4) is 0 Å². The first-order chi connectivity index (χ1) is 10.9. The number of nitrogens with one attached hydrogen (secondary N) is 2. The van der Waals surface area contributed by atoms with Crippen molar-refractivity contribution >= 4 is 33.6 Å². The van der Waals surface area contributed by atoms with Gasteiger partial charge in [-0.15, -0.1) is 0 Å². The van der Waals surface area contributed by atoms with Gasteiger partial charge in [0.25, 0.3) is 0 Å². The van der Waals surface area contributed by atoms with Crippen LogP contribution in [-0.2, 0) is 9.59 Å². The molecule has 0 spiro atoms. The van der Waals surface area contributed by atoms with Crippen molar-refractivity contribution in [3.63, 3.8) is 0 Å². The molecule has 1 atom stereocenters. The van der Waals surface area contributed by atoms with Crippen molar-refractivity contribution in [3.05, 3.63) is 58.2 Å². The van der Waals surface area contributed by atoms with E-state index in [1.54, 1.807) is 6.07 Å². The van der Waals surface area contributed by atoms with Gasteiger partial charge in [0.2, 0.25) is 11.8 Å². The molecule has 1 heterocycles. The minimum atomic E-state index is -0.384. The molecule has 1 aromatic heterocycles. The molecule has 0 aliphatic heterocycles. The summed E-state index contributed by atoms with van der Waals surface area (Å²) in [4.78, 5) is 27.9. The number of amides is 2. The number of nitrogens with zero attached hydrogens (tertiary/aromatic N) is 1. The summed E-state index contributed by atoms with van der Waals surface area (Å²) < 4.78 is 0.941. The molecular formula is C17H18BrN3O2. The summed E-state index contributed by atoms with van der Waals surface area (Å²) >= 11 is 3.37. The summed E-state index contributed by atoms with van der Waals surface area (Å²) in [7, 11) is 0. The number of halogens is 1. The Kier molecular flexibility index (Phi) is 5.87. The number of rotatable bonds is 5. The number of aromatic nitrogens is 1. The zero-order valence-electron chi connectivity index (χ0n) is 13.0. The molecule has 1 aromatic carbocycles. The highest BCUT2D eigenvalue weighted by atomic mass is 79.9. The number of hydrogen-bond donors (Lipinski definition) is 2. The van der Waals surface area contributed by atoms with Crippen molar-refractivity contribution in [2.24, 2.45) is 0 Å². The zero-order chi connectivity index (χ0) is 16.8. The molecule has 0 bridgehead atoms. The predicted octanol–water partition coefficient (Wildman–Crippen LogP) is 3.36. The smallest absolute Gasteiger partial charge is 0.227 e. The largest absolute Gasteiger partial charge is 0.349 e. The Bertz CT molecular complexity index is 701. The Hall–Kier alpha value is -2.21. The number of pyridine rings is 1. The van der Waals surface area contributed by atoms with Gasteiger partial charge >= 0.3 is 0 Å². The highest BCUT2D eigenvalue weighted by Crippen LogP contribution is 2.20. The van der Waals surface area contributed by atoms with Gasteiger partial charge in [-0.1, -0.05) is 34.1 Å². The Morgan fingerprint density at radius 2 is 1.87 bits per heavy atom. The van der Waals surface area contributed by atoms with E-state index in [1.165, 1.54) is 6.92 Å². The van der Waals surface area contributed by atoms with E-state index in [2.05, 4.69) is 31.5 Å². The molecule has 5 nitrogen and oxygen atoms in total. The molecular weight excluding hydrogens is 358 g/mol. The second kappa shape index (κ2) is 7.87. The second-order valence-electron chi connectivity index (χ2n) is 5.22. The first-order valence-electron chi connectivity index (χ1n) is 7.20. The summed E-state index contributed by atoms with van der Waals surface area (Å²) in [6.45, 7) is 3.30. The molecule has 1 unspecified atom stereocenters. The van der Waals surface area contributed by atoms with Gasteiger partial charge in [0.05, 0.1) is 12.5 Å². The summed E-state index contributed by atoms with van der Waals surface area (Å²) in [5, 5.41) is 5.57. The topological polar surface area (TPSA) is 71.1 Å². The predicted molar refractivity (Wildman–Crippen MR) is 92.9 cm³/mol. The maximum Gasteiger partial charge on any atom is 0.227 e. The third-order valence-corrected chi connectivity index (χ3v) is 3.72. The Balaban J connectivity index is 2.09. The van der Waals surface area contributed by atoms with E-state index >= 15 is 0 Å². The van der Waals surface area contributed by atoms with Gasteiger partial charge in [0.15, 0.2) is 0 Å². The van der Waals surface area contributed by atoms with E-state index in [9.17, 15) is 9.59 Å². The molecule has 0 radical (unpaired) electrons. The maximum atomic E-state index is 12.2. The Morgan fingerprint density at radius 3 is 2.48 bits per heavy atom. The van der Waals surface area contributed by atoms with E-state index in [1.807, 2.05) is 43.3 Å². The molecule has 2 N–H and O–H groups in total. The number of aryl methyl sites for hydroxylation is 1. The van der Waals surface area contributed by atoms with Crippen LogP contribution in [0.4, 0.5) is 5.82 Å². The normalized spacial score (nSPS) is 11.6. The quantitative estimate of drug-likeness (QED) is 0.841. The van der Waals surface area contributed by atoms with Gasteiger partial charge in [0.1, 0.15) is 5.82 Å². The molecule has 2 amide bonds. The molecule has 120 valence electrons. The molecule has 2 aromatic rings. The average molecular weight is 376 g/mol. The van der Waals surface area contributed by atoms with Crippen molar-refractivity contribution in [2.75, 3.05) is 5.32 Å². The van der Waals surface area contributed by atoms with Crippen LogP contribution >= 0.6 is 15.9 Å². The molecule has 0 aliphatic rings. The number of carbonyl (C=O) groups excluding carboxylic acids is 2. The van der Waals surface area contributed by atoms with Crippen LogP contribution in [0.2, 0.25) is 0 Å². The molecule has 0 fully saturated rings. The van der Waals surface area contributed by atoms with Gasteiger partial charge in [0, 0.05) is 17.1 Å². The lowest BCUT2D eigenvalue weighted by molar-refractivity contribution is -0.120. The maximum absolute atomic E-state index is 12.2. The fourth-order valence-electron chi connectivity index (χ4n) is 2.18. The fraction of sp³-hybridized carbons (Fsp3) is 0.235.